The molecule has 3 rings (SSSR count). The molecule has 0 unspecified atom stereocenters. The lowest BCUT2D eigenvalue weighted by molar-refractivity contribution is -0.117. The molecule has 2 saturated heterocycles. The minimum atomic E-state index is -3.25. The molecule has 1 N–H and O–H groups in total. The van der Waals surface area contributed by atoms with Gasteiger partial charge in [0, 0.05) is 22.7 Å². The molecular formula is C19H23BrFN3O5S2. The number of anilines is 1. The highest BCUT2D eigenvalue weighted by Gasteiger charge is 2.50. The van der Waals surface area contributed by atoms with Gasteiger partial charge in [0.15, 0.2) is 15.0 Å². The van der Waals surface area contributed by atoms with E-state index in [2.05, 4.69) is 26.2 Å². The fourth-order valence-corrected chi connectivity index (χ4v) is 7.53. The fourth-order valence-electron chi connectivity index (χ4n) is 3.27. The highest BCUT2D eigenvalue weighted by molar-refractivity contribution is 9.10. The van der Waals surface area contributed by atoms with Crippen molar-refractivity contribution < 1.29 is 27.1 Å². The monoisotopic (exact) mass is 535 g/mol. The SMILES string of the molecule is CC(C)(C)OC(=O)NCCC(=O)N=C1S[C@@H]2CS(=O)(=O)C[C@@H]2N1c1ccc(Br)cc1F. The number of sulfone groups is 1. The highest BCUT2D eigenvalue weighted by atomic mass is 79.9. The number of hydrogen-bond donors (Lipinski definition) is 1. The van der Waals surface area contributed by atoms with Gasteiger partial charge in [0.2, 0.25) is 5.91 Å². The number of alkyl carbamates (subject to hydrolysis) is 1. The van der Waals surface area contributed by atoms with Gasteiger partial charge in [0.25, 0.3) is 0 Å². The lowest BCUT2D eigenvalue weighted by Crippen LogP contribution is -2.38. The van der Waals surface area contributed by atoms with Crippen molar-refractivity contribution in [2.45, 2.75) is 44.1 Å². The lowest BCUT2D eigenvalue weighted by Gasteiger charge is -2.25. The Hall–Kier alpha value is -1.66. The summed E-state index contributed by atoms with van der Waals surface area (Å²) in [6.45, 7) is 5.22. The molecule has 2 aliphatic rings. The second kappa shape index (κ2) is 9.07. The zero-order valence-electron chi connectivity index (χ0n) is 17.2. The summed E-state index contributed by atoms with van der Waals surface area (Å²) >= 11 is 4.37. The maximum Gasteiger partial charge on any atom is 0.407 e. The Morgan fingerprint density at radius 2 is 2.06 bits per heavy atom. The van der Waals surface area contributed by atoms with Crippen molar-refractivity contribution in [2.75, 3.05) is 23.0 Å². The predicted molar refractivity (Wildman–Crippen MR) is 122 cm³/mol. The Bertz CT molecular complexity index is 1030. The predicted octanol–water partition coefficient (Wildman–Crippen LogP) is 3.10. The third kappa shape index (κ3) is 6.19. The number of hydrogen-bond acceptors (Lipinski definition) is 6. The topological polar surface area (TPSA) is 105 Å². The van der Waals surface area contributed by atoms with Crippen LogP contribution < -0.4 is 10.2 Å². The molecule has 2 fully saturated rings. The lowest BCUT2D eigenvalue weighted by atomic mass is 10.2. The van der Waals surface area contributed by atoms with Crippen molar-refractivity contribution in [2.24, 2.45) is 4.99 Å². The number of amidine groups is 1. The van der Waals surface area contributed by atoms with Crippen LogP contribution in [0.1, 0.15) is 27.2 Å². The maximum atomic E-state index is 14.7. The van der Waals surface area contributed by atoms with Crippen LogP contribution in [0.25, 0.3) is 0 Å². The summed E-state index contributed by atoms with van der Waals surface area (Å²) in [4.78, 5) is 29.7. The van der Waals surface area contributed by atoms with E-state index in [0.717, 1.165) is 11.8 Å². The Labute approximate surface area is 193 Å². The first-order valence-electron chi connectivity index (χ1n) is 9.54. The standard InChI is InChI=1S/C19H23BrFN3O5S2/c1-19(2,3)29-18(26)22-7-6-16(25)23-17-24(13-5-4-11(20)8-12(13)21)14-9-31(27,28)10-15(14)30-17/h4-5,8,14-15H,6-7,9-10H2,1-3H3,(H,22,26)/t14-,15+/m0/s1. The van der Waals surface area contributed by atoms with E-state index in [1.165, 1.54) is 17.0 Å². The van der Waals surface area contributed by atoms with Crippen LogP contribution in [-0.2, 0) is 19.4 Å². The van der Waals surface area contributed by atoms with Gasteiger partial charge in [-0.3, -0.25) is 4.79 Å². The van der Waals surface area contributed by atoms with Crippen LogP contribution in [0.3, 0.4) is 0 Å². The van der Waals surface area contributed by atoms with Crippen LogP contribution in [-0.4, -0.2) is 60.5 Å². The number of ether oxygens (including phenoxy) is 1. The molecule has 8 nitrogen and oxygen atoms in total. The van der Waals surface area contributed by atoms with E-state index >= 15 is 0 Å². The number of thioether (sulfide) groups is 1. The molecule has 31 heavy (non-hydrogen) atoms. The van der Waals surface area contributed by atoms with Crippen LogP contribution in [0.2, 0.25) is 0 Å². The van der Waals surface area contributed by atoms with Gasteiger partial charge < -0.3 is 15.0 Å². The van der Waals surface area contributed by atoms with Gasteiger partial charge >= 0.3 is 6.09 Å². The van der Waals surface area contributed by atoms with Crippen molar-refractivity contribution in [3.63, 3.8) is 0 Å². The second-order valence-electron chi connectivity index (χ2n) is 8.23. The number of halogens is 2. The molecule has 1 aromatic rings. The van der Waals surface area contributed by atoms with Gasteiger partial charge in [-0.2, -0.15) is 4.99 Å². The number of fused-ring (bicyclic) bond motifs is 1. The molecule has 0 bridgehead atoms. The van der Waals surface area contributed by atoms with E-state index in [4.69, 9.17) is 4.74 Å². The molecule has 2 amide bonds. The molecule has 0 aliphatic carbocycles. The van der Waals surface area contributed by atoms with Crippen molar-refractivity contribution >= 4 is 60.4 Å². The number of carbonyl (C=O) groups excluding carboxylic acids is 2. The smallest absolute Gasteiger partial charge is 0.407 e. The zero-order valence-corrected chi connectivity index (χ0v) is 20.4. The first-order chi connectivity index (χ1) is 14.3. The number of aliphatic imine (C=N–C) groups is 1. The quantitative estimate of drug-likeness (QED) is 0.631. The molecule has 2 aliphatic heterocycles. The molecule has 0 spiro atoms. The largest absolute Gasteiger partial charge is 0.444 e. The molecule has 2 heterocycles. The summed E-state index contributed by atoms with van der Waals surface area (Å²) in [5.74, 6) is -1.24. The minimum absolute atomic E-state index is 0.0308. The Morgan fingerprint density at radius 1 is 1.35 bits per heavy atom. The van der Waals surface area contributed by atoms with E-state index in [9.17, 15) is 22.4 Å². The number of nitrogens with zero attached hydrogens (tertiary/aromatic N) is 2. The fraction of sp³-hybridized carbons (Fsp3) is 0.526. The summed E-state index contributed by atoms with van der Waals surface area (Å²) in [6.07, 6.45) is -0.713. The molecule has 2 atom stereocenters. The first-order valence-corrected chi connectivity index (χ1v) is 13.0. The van der Waals surface area contributed by atoms with Crippen LogP contribution in [0.5, 0.6) is 0 Å². The van der Waals surface area contributed by atoms with Crippen molar-refractivity contribution in [1.29, 1.82) is 0 Å². The second-order valence-corrected chi connectivity index (χ2v) is 12.5. The van der Waals surface area contributed by atoms with Gasteiger partial charge in [-0.25, -0.2) is 17.6 Å². The Morgan fingerprint density at radius 3 is 2.71 bits per heavy atom. The Kier molecular flexibility index (Phi) is 7.02. The maximum absolute atomic E-state index is 14.7. The van der Waals surface area contributed by atoms with Crippen LogP contribution in [0, 0.1) is 5.82 Å². The average molecular weight is 536 g/mol. The summed E-state index contributed by atoms with van der Waals surface area (Å²) < 4.78 is 44.5. The van der Waals surface area contributed by atoms with Crippen molar-refractivity contribution in [3.8, 4) is 0 Å². The zero-order chi connectivity index (χ0) is 23.0. The van der Waals surface area contributed by atoms with Gasteiger partial charge in [-0.1, -0.05) is 27.7 Å². The summed E-state index contributed by atoms with van der Waals surface area (Å²) in [5, 5.41) is 2.41. The van der Waals surface area contributed by atoms with E-state index in [1.54, 1.807) is 26.8 Å². The minimum Gasteiger partial charge on any atom is -0.444 e. The molecule has 170 valence electrons. The number of nitrogens with one attached hydrogen (secondary N) is 1. The van der Waals surface area contributed by atoms with Crippen molar-refractivity contribution in [1.82, 2.24) is 5.32 Å². The molecule has 1 aromatic carbocycles. The van der Waals surface area contributed by atoms with Crippen LogP contribution in [0.4, 0.5) is 14.9 Å². The molecule has 0 aromatic heterocycles. The molecule has 12 heteroatoms. The summed E-state index contributed by atoms with van der Waals surface area (Å²) in [7, 11) is -3.25. The van der Waals surface area contributed by atoms with Crippen molar-refractivity contribution in [3.05, 3.63) is 28.5 Å². The average Bonchev–Trinajstić information content (AvgIpc) is 3.04. The van der Waals surface area contributed by atoms with E-state index in [-0.39, 0.29) is 40.6 Å². The molecule has 0 saturated carbocycles. The summed E-state index contributed by atoms with van der Waals surface area (Å²) in [5.41, 5.74) is -0.485. The first kappa shape index (κ1) is 24.0. The normalized spacial score (nSPS) is 23.6. The van der Waals surface area contributed by atoms with E-state index in [1.807, 2.05) is 0 Å². The third-order valence-corrected chi connectivity index (χ3v) is 8.17. The molecule has 0 radical (unpaired) electrons. The van der Waals surface area contributed by atoms with Crippen LogP contribution >= 0.6 is 27.7 Å². The van der Waals surface area contributed by atoms with Crippen LogP contribution in [0.15, 0.2) is 27.7 Å². The number of amides is 2. The van der Waals surface area contributed by atoms with E-state index in [0.29, 0.717) is 4.47 Å². The highest BCUT2D eigenvalue weighted by Crippen LogP contribution is 2.42. The number of rotatable bonds is 4. The van der Waals surface area contributed by atoms with Gasteiger partial charge in [0.05, 0.1) is 23.2 Å². The number of benzene rings is 1. The summed E-state index contributed by atoms with van der Waals surface area (Å²) in [6, 6.07) is 3.94. The number of carbonyl (C=O) groups is 2. The van der Waals surface area contributed by atoms with E-state index < -0.39 is 39.3 Å². The molecular weight excluding hydrogens is 513 g/mol. The Balaban J connectivity index is 1.75. The van der Waals surface area contributed by atoms with Gasteiger partial charge in [-0.05, 0) is 39.0 Å². The third-order valence-electron chi connectivity index (χ3n) is 4.46. The van der Waals surface area contributed by atoms with Gasteiger partial charge in [-0.15, -0.1) is 0 Å². The van der Waals surface area contributed by atoms with Gasteiger partial charge in [0.1, 0.15) is 11.4 Å².